The number of aromatic nitrogens is 2. The predicted octanol–water partition coefficient (Wildman–Crippen LogP) is 0.920. The van der Waals surface area contributed by atoms with Crippen molar-refractivity contribution >= 4 is 0 Å². The van der Waals surface area contributed by atoms with Crippen LogP contribution in [0.4, 0.5) is 0 Å². The van der Waals surface area contributed by atoms with Gasteiger partial charge < -0.3 is 9.67 Å². The highest BCUT2D eigenvalue weighted by Gasteiger charge is 2.01. The SMILES string of the molecule is CC#CCn1cnc(O)c1C. The molecule has 0 spiro atoms. The highest BCUT2D eigenvalue weighted by molar-refractivity contribution is 5.16. The second-order valence-electron chi connectivity index (χ2n) is 2.21. The van der Waals surface area contributed by atoms with Gasteiger partial charge in [-0.1, -0.05) is 5.92 Å². The Kier molecular flexibility index (Phi) is 2.17. The number of nitrogens with zero attached hydrogens (tertiary/aromatic N) is 2. The zero-order chi connectivity index (χ0) is 8.27. The van der Waals surface area contributed by atoms with E-state index in [4.69, 9.17) is 5.11 Å². The van der Waals surface area contributed by atoms with Crippen LogP contribution < -0.4 is 0 Å². The van der Waals surface area contributed by atoms with E-state index < -0.39 is 0 Å². The summed E-state index contributed by atoms with van der Waals surface area (Å²) in [6, 6.07) is 0. The van der Waals surface area contributed by atoms with Gasteiger partial charge in [0.25, 0.3) is 0 Å². The zero-order valence-electron chi connectivity index (χ0n) is 6.63. The lowest BCUT2D eigenvalue weighted by molar-refractivity contribution is 0.451. The molecular formula is C8H10N2O. The normalized spacial score (nSPS) is 8.91. The van der Waals surface area contributed by atoms with Gasteiger partial charge >= 0.3 is 0 Å². The fraction of sp³-hybridized carbons (Fsp3) is 0.375. The molecule has 11 heavy (non-hydrogen) atoms. The molecule has 3 nitrogen and oxygen atoms in total. The van der Waals surface area contributed by atoms with E-state index in [0.29, 0.717) is 6.54 Å². The largest absolute Gasteiger partial charge is 0.492 e. The molecule has 0 radical (unpaired) electrons. The van der Waals surface area contributed by atoms with Gasteiger partial charge in [-0.05, 0) is 13.8 Å². The van der Waals surface area contributed by atoms with E-state index in [9.17, 15) is 0 Å². The lowest BCUT2D eigenvalue weighted by Gasteiger charge is -1.96. The van der Waals surface area contributed by atoms with Crippen LogP contribution in [0.5, 0.6) is 5.88 Å². The Bertz CT molecular complexity index is 304. The summed E-state index contributed by atoms with van der Waals surface area (Å²) in [6.07, 6.45) is 1.58. The monoisotopic (exact) mass is 150 g/mol. The molecule has 0 atom stereocenters. The number of rotatable bonds is 1. The maximum absolute atomic E-state index is 9.06. The van der Waals surface area contributed by atoms with Crippen LogP contribution in [0.3, 0.4) is 0 Å². The third kappa shape index (κ3) is 1.53. The summed E-state index contributed by atoms with van der Waals surface area (Å²) in [5.74, 6) is 5.74. The minimum Gasteiger partial charge on any atom is -0.492 e. The minimum absolute atomic E-state index is 0.0860. The van der Waals surface area contributed by atoms with Crippen LogP contribution >= 0.6 is 0 Å². The third-order valence-electron chi connectivity index (χ3n) is 1.50. The molecule has 0 fully saturated rings. The third-order valence-corrected chi connectivity index (χ3v) is 1.50. The summed E-state index contributed by atoms with van der Waals surface area (Å²) < 4.78 is 1.80. The van der Waals surface area contributed by atoms with Gasteiger partial charge in [-0.15, -0.1) is 5.92 Å². The Hall–Kier alpha value is -1.43. The Morgan fingerprint density at radius 2 is 2.45 bits per heavy atom. The first kappa shape index (κ1) is 7.67. The molecule has 0 aromatic carbocycles. The molecule has 1 heterocycles. The summed E-state index contributed by atoms with van der Waals surface area (Å²) in [5.41, 5.74) is 0.757. The molecule has 0 unspecified atom stereocenters. The molecule has 1 N–H and O–H groups in total. The van der Waals surface area contributed by atoms with Crippen molar-refractivity contribution in [3.63, 3.8) is 0 Å². The van der Waals surface area contributed by atoms with Crippen LogP contribution in [-0.2, 0) is 6.54 Å². The summed E-state index contributed by atoms with van der Waals surface area (Å²) >= 11 is 0. The first-order chi connectivity index (χ1) is 5.25. The van der Waals surface area contributed by atoms with Crippen molar-refractivity contribution in [1.82, 2.24) is 9.55 Å². The maximum Gasteiger partial charge on any atom is 0.232 e. The van der Waals surface area contributed by atoms with E-state index in [0.717, 1.165) is 5.69 Å². The average molecular weight is 150 g/mol. The van der Waals surface area contributed by atoms with Gasteiger partial charge in [-0.2, -0.15) is 0 Å². The fourth-order valence-corrected chi connectivity index (χ4v) is 0.756. The predicted molar refractivity (Wildman–Crippen MR) is 42.1 cm³/mol. The van der Waals surface area contributed by atoms with Gasteiger partial charge in [0.1, 0.15) is 0 Å². The van der Waals surface area contributed by atoms with Gasteiger partial charge in [0.2, 0.25) is 5.88 Å². The van der Waals surface area contributed by atoms with Crippen LogP contribution in [-0.4, -0.2) is 14.7 Å². The first-order valence-electron chi connectivity index (χ1n) is 3.36. The molecule has 3 heteroatoms. The molecule has 1 aromatic rings. The fourth-order valence-electron chi connectivity index (χ4n) is 0.756. The van der Waals surface area contributed by atoms with Crippen LogP contribution in [0.1, 0.15) is 12.6 Å². The second kappa shape index (κ2) is 3.11. The van der Waals surface area contributed by atoms with Crippen molar-refractivity contribution in [1.29, 1.82) is 0 Å². The lowest BCUT2D eigenvalue weighted by atomic mass is 10.5. The van der Waals surface area contributed by atoms with Crippen molar-refractivity contribution in [2.24, 2.45) is 0 Å². The summed E-state index contributed by atoms with van der Waals surface area (Å²) in [5, 5.41) is 9.06. The zero-order valence-corrected chi connectivity index (χ0v) is 6.63. The van der Waals surface area contributed by atoms with Crippen molar-refractivity contribution in [2.45, 2.75) is 20.4 Å². The number of imidazole rings is 1. The summed E-state index contributed by atoms with van der Waals surface area (Å²) in [4.78, 5) is 3.72. The quantitative estimate of drug-likeness (QED) is 0.604. The number of hydrogen-bond acceptors (Lipinski definition) is 2. The summed E-state index contributed by atoms with van der Waals surface area (Å²) in [7, 11) is 0. The molecule has 1 aromatic heterocycles. The Morgan fingerprint density at radius 3 is 2.91 bits per heavy atom. The average Bonchev–Trinajstić information content (AvgIpc) is 2.31. The first-order valence-corrected chi connectivity index (χ1v) is 3.36. The molecule has 0 aliphatic heterocycles. The number of hydrogen-bond donors (Lipinski definition) is 1. The maximum atomic E-state index is 9.06. The highest BCUT2D eigenvalue weighted by atomic mass is 16.3. The number of aromatic hydroxyl groups is 1. The van der Waals surface area contributed by atoms with Crippen molar-refractivity contribution < 1.29 is 5.11 Å². The van der Waals surface area contributed by atoms with E-state index in [1.54, 1.807) is 24.7 Å². The van der Waals surface area contributed by atoms with Crippen LogP contribution in [0, 0.1) is 18.8 Å². The van der Waals surface area contributed by atoms with E-state index in [1.165, 1.54) is 0 Å². The smallest absolute Gasteiger partial charge is 0.232 e. The molecule has 0 aliphatic carbocycles. The standard InChI is InChI=1S/C8H10N2O/c1-3-4-5-10-6-9-8(11)7(10)2/h6,11H,5H2,1-2H3. The van der Waals surface area contributed by atoms with Crippen molar-refractivity contribution in [3.8, 4) is 17.7 Å². The lowest BCUT2D eigenvalue weighted by Crippen LogP contribution is -1.95. The van der Waals surface area contributed by atoms with E-state index in [2.05, 4.69) is 16.8 Å². The van der Waals surface area contributed by atoms with Crippen LogP contribution in [0.25, 0.3) is 0 Å². The van der Waals surface area contributed by atoms with Crippen molar-refractivity contribution in [3.05, 3.63) is 12.0 Å². The van der Waals surface area contributed by atoms with Crippen LogP contribution in [0.15, 0.2) is 6.33 Å². The second-order valence-corrected chi connectivity index (χ2v) is 2.21. The molecular weight excluding hydrogens is 140 g/mol. The van der Waals surface area contributed by atoms with E-state index in [-0.39, 0.29) is 5.88 Å². The molecule has 58 valence electrons. The van der Waals surface area contributed by atoms with Crippen molar-refractivity contribution in [2.75, 3.05) is 0 Å². The van der Waals surface area contributed by atoms with Gasteiger partial charge in [-0.3, -0.25) is 0 Å². The Balaban J connectivity index is 2.84. The topological polar surface area (TPSA) is 38.0 Å². The molecule has 0 bridgehead atoms. The Morgan fingerprint density at radius 1 is 1.73 bits per heavy atom. The minimum atomic E-state index is 0.0860. The molecule has 1 rings (SSSR count). The molecule has 0 saturated heterocycles. The summed E-state index contributed by atoms with van der Waals surface area (Å²) in [6.45, 7) is 4.18. The van der Waals surface area contributed by atoms with Gasteiger partial charge in [-0.25, -0.2) is 4.98 Å². The highest BCUT2D eigenvalue weighted by Crippen LogP contribution is 2.10. The van der Waals surface area contributed by atoms with Gasteiger partial charge in [0, 0.05) is 0 Å². The van der Waals surface area contributed by atoms with E-state index >= 15 is 0 Å². The molecule has 0 saturated carbocycles. The van der Waals surface area contributed by atoms with Gasteiger partial charge in [0.15, 0.2) is 0 Å². The van der Waals surface area contributed by atoms with Crippen LogP contribution in [0.2, 0.25) is 0 Å². The van der Waals surface area contributed by atoms with Gasteiger partial charge in [0.05, 0.1) is 18.6 Å². The molecule has 0 aliphatic rings. The Labute approximate surface area is 65.7 Å². The van der Waals surface area contributed by atoms with E-state index in [1.807, 2.05) is 0 Å². The molecule has 0 amide bonds.